The zero-order valence-electron chi connectivity index (χ0n) is 33.8. The summed E-state index contributed by atoms with van der Waals surface area (Å²) in [7, 11) is -3.02. The number of fused-ring (bicyclic) bond motifs is 1. The van der Waals surface area contributed by atoms with Crippen molar-refractivity contribution < 1.29 is 60.2 Å². The van der Waals surface area contributed by atoms with Crippen molar-refractivity contribution in [3.63, 3.8) is 0 Å². The van der Waals surface area contributed by atoms with Crippen molar-refractivity contribution in [2.75, 3.05) is 25.6 Å². The first-order valence-corrected chi connectivity index (χ1v) is 20.1. The summed E-state index contributed by atoms with van der Waals surface area (Å²) < 4.78 is 73.1. The minimum atomic E-state index is -4.34. The molecular weight excluding hydrogens is 798 g/mol. The number of carbonyl (C=O) groups is 3. The summed E-state index contributed by atoms with van der Waals surface area (Å²) in [6.45, 7) is 9.10. The second-order valence-electron chi connectivity index (χ2n) is 13.9. The van der Waals surface area contributed by atoms with Gasteiger partial charge in [0.05, 0.1) is 26.0 Å². The SMILES string of the molecule is C#C[C@](CCn1cnc2c(NC(=O)OC(C)(C)CC(=O)OCc3oc(=O)oc3C)nc(F)nc21)(COP(=O)(N[C@@H](C)C(=O)OCC(CC)CC)Oc1ccccc1)OC. The van der Waals surface area contributed by atoms with Crippen molar-refractivity contribution in [1.29, 1.82) is 0 Å². The molecule has 0 fully saturated rings. The fraction of sp³-hybridized carbons (Fsp3) is 0.500. The van der Waals surface area contributed by atoms with Gasteiger partial charge < -0.3 is 36.9 Å². The fourth-order valence-corrected chi connectivity index (χ4v) is 6.91. The van der Waals surface area contributed by atoms with Crippen LogP contribution in [0.1, 0.15) is 71.8 Å². The Morgan fingerprint density at radius 1 is 1.10 bits per heavy atom. The normalized spacial score (nSPS) is 14.2. The monoisotopic (exact) mass is 846 g/mol. The number of amides is 1. The van der Waals surface area contributed by atoms with E-state index in [0.717, 1.165) is 12.8 Å². The summed E-state index contributed by atoms with van der Waals surface area (Å²) in [6.07, 6.45) is 6.12. The average molecular weight is 847 g/mol. The maximum Gasteiger partial charge on any atom is 0.519 e. The van der Waals surface area contributed by atoms with Gasteiger partial charge >= 0.3 is 37.7 Å². The molecule has 2 N–H and O–H groups in total. The van der Waals surface area contributed by atoms with Crippen molar-refractivity contribution in [3.8, 4) is 18.1 Å². The number of anilines is 1. The van der Waals surface area contributed by atoms with Crippen molar-refractivity contribution >= 4 is 42.8 Å². The van der Waals surface area contributed by atoms with Gasteiger partial charge in [-0.2, -0.15) is 19.4 Å². The van der Waals surface area contributed by atoms with Crippen molar-refractivity contribution in [2.45, 2.75) is 97.6 Å². The molecule has 3 aromatic heterocycles. The van der Waals surface area contributed by atoms with Gasteiger partial charge in [0.1, 0.15) is 17.4 Å². The molecule has 0 saturated heterocycles. The highest BCUT2D eigenvalue weighted by atomic mass is 31.2. The molecule has 21 heteroatoms. The van der Waals surface area contributed by atoms with E-state index in [1.165, 1.54) is 45.7 Å². The number of methoxy groups -OCH3 is 1. The predicted octanol–water partition coefficient (Wildman–Crippen LogP) is 5.85. The number of rotatable bonds is 22. The van der Waals surface area contributed by atoms with Gasteiger partial charge in [0.2, 0.25) is 0 Å². The number of imidazole rings is 1. The molecule has 1 amide bonds. The van der Waals surface area contributed by atoms with Crippen LogP contribution in [0.2, 0.25) is 0 Å². The van der Waals surface area contributed by atoms with Crippen LogP contribution in [0.4, 0.5) is 15.0 Å². The molecule has 4 rings (SSSR count). The van der Waals surface area contributed by atoms with E-state index in [-0.39, 0.29) is 66.3 Å². The Morgan fingerprint density at radius 2 is 1.81 bits per heavy atom. The van der Waals surface area contributed by atoms with Crippen LogP contribution in [0, 0.1) is 31.3 Å². The molecule has 320 valence electrons. The average Bonchev–Trinajstić information content (AvgIpc) is 3.74. The number of hydrogen-bond acceptors (Lipinski definition) is 16. The third kappa shape index (κ3) is 13.2. The summed E-state index contributed by atoms with van der Waals surface area (Å²) in [4.78, 5) is 61.2. The maximum atomic E-state index is 14.8. The number of hydrogen-bond donors (Lipinski definition) is 2. The van der Waals surface area contributed by atoms with Crippen LogP contribution >= 0.6 is 7.75 Å². The minimum absolute atomic E-state index is 0.00877. The molecule has 0 radical (unpaired) electrons. The first-order chi connectivity index (χ1) is 27.9. The highest BCUT2D eigenvalue weighted by Crippen LogP contribution is 2.46. The van der Waals surface area contributed by atoms with Crippen LogP contribution in [0.3, 0.4) is 0 Å². The van der Waals surface area contributed by atoms with Crippen molar-refractivity contribution in [3.05, 3.63) is 64.9 Å². The molecule has 0 aliphatic carbocycles. The van der Waals surface area contributed by atoms with Gasteiger partial charge in [-0.3, -0.25) is 19.4 Å². The summed E-state index contributed by atoms with van der Waals surface area (Å²) in [5.74, 6) is 0.335. The molecule has 19 nitrogen and oxygen atoms in total. The second kappa shape index (κ2) is 20.4. The molecule has 3 atom stereocenters. The number of aryl methyl sites for hydroxylation is 2. The van der Waals surface area contributed by atoms with E-state index in [1.807, 2.05) is 13.8 Å². The smallest absolute Gasteiger partial charge is 0.464 e. The highest BCUT2D eigenvalue weighted by molar-refractivity contribution is 7.52. The summed E-state index contributed by atoms with van der Waals surface area (Å²) >= 11 is 0. The first kappa shape index (κ1) is 46.1. The lowest BCUT2D eigenvalue weighted by Gasteiger charge is -2.30. The number of ether oxygens (including phenoxy) is 4. The van der Waals surface area contributed by atoms with E-state index in [2.05, 4.69) is 31.3 Å². The van der Waals surface area contributed by atoms with E-state index in [1.54, 1.807) is 30.3 Å². The zero-order valence-corrected chi connectivity index (χ0v) is 34.7. The number of aromatic nitrogens is 4. The Kier molecular flexibility index (Phi) is 15.9. The number of nitrogens with zero attached hydrogens (tertiary/aromatic N) is 4. The fourth-order valence-electron chi connectivity index (χ4n) is 5.37. The second-order valence-corrected chi connectivity index (χ2v) is 15.6. The van der Waals surface area contributed by atoms with Gasteiger partial charge in [0.15, 0.2) is 40.7 Å². The number of esters is 2. The summed E-state index contributed by atoms with van der Waals surface area (Å²) in [5.41, 5.74) is -3.03. The maximum absolute atomic E-state index is 14.8. The van der Waals surface area contributed by atoms with E-state index < -0.39 is 68.0 Å². The van der Waals surface area contributed by atoms with Gasteiger partial charge in [-0.25, -0.2) is 19.1 Å². The Bertz CT molecular complexity index is 2220. The Morgan fingerprint density at radius 3 is 2.44 bits per heavy atom. The van der Waals surface area contributed by atoms with Crippen LogP contribution in [0.25, 0.3) is 11.2 Å². The largest absolute Gasteiger partial charge is 0.519 e. The Labute approximate surface area is 339 Å². The van der Waals surface area contributed by atoms with Crippen LogP contribution in [0.15, 0.2) is 50.3 Å². The Balaban J connectivity index is 1.43. The summed E-state index contributed by atoms with van der Waals surface area (Å²) in [6, 6.07) is 7.06. The molecular formula is C38H48FN6O13P. The van der Waals surface area contributed by atoms with E-state index >= 15 is 0 Å². The molecule has 0 spiro atoms. The lowest BCUT2D eigenvalue weighted by molar-refractivity contribution is -0.150. The van der Waals surface area contributed by atoms with E-state index in [0.29, 0.717) is 0 Å². The lowest BCUT2D eigenvalue weighted by Crippen LogP contribution is -2.40. The van der Waals surface area contributed by atoms with Gasteiger partial charge in [0, 0.05) is 20.1 Å². The van der Waals surface area contributed by atoms with Gasteiger partial charge in [-0.15, -0.1) is 6.42 Å². The van der Waals surface area contributed by atoms with Gasteiger partial charge in [-0.1, -0.05) is 50.8 Å². The molecule has 0 saturated carbocycles. The van der Waals surface area contributed by atoms with E-state index in [4.69, 9.17) is 43.3 Å². The number of nitrogens with one attached hydrogen (secondary N) is 2. The lowest BCUT2D eigenvalue weighted by atomic mass is 10.0. The topological polar surface area (TPSA) is 235 Å². The van der Waals surface area contributed by atoms with Crippen LogP contribution in [-0.4, -0.2) is 75.1 Å². The third-order valence-corrected chi connectivity index (χ3v) is 10.6. The molecule has 0 aliphatic rings. The number of benzene rings is 1. The number of halogens is 1. The standard InChI is InChI=1S/C38H48FN6O13P/c1-9-26(10-2)20-53-33(47)24(4)44-59(50,58-27-15-13-12-14-16-27)54-22-38(11-3,51-8)17-18-45-23-40-30-31(41-34(39)43-32(30)45)42-35(48)57-37(6,7)19-29(46)52-21-28-25(5)55-36(49)56-28/h3,12-16,23-24,26H,9-10,17-22H2,1-2,4-8H3,(H,44,50)(H,41,42,43,48)/t24-,38-,59?/m0/s1. The quantitative estimate of drug-likeness (QED) is 0.0310. The molecule has 1 aromatic carbocycles. The van der Waals surface area contributed by atoms with Crippen LogP contribution in [-0.2, 0) is 50.8 Å². The molecule has 59 heavy (non-hydrogen) atoms. The van der Waals surface area contributed by atoms with Crippen molar-refractivity contribution in [2.24, 2.45) is 5.92 Å². The van der Waals surface area contributed by atoms with E-state index in [9.17, 15) is 28.1 Å². The predicted molar refractivity (Wildman–Crippen MR) is 207 cm³/mol. The Hall–Kier alpha value is -5.61. The number of terminal acetylenes is 1. The molecule has 3 heterocycles. The van der Waals surface area contributed by atoms with Crippen LogP contribution in [0.5, 0.6) is 5.75 Å². The third-order valence-electron chi connectivity index (χ3n) is 8.96. The first-order valence-electron chi connectivity index (χ1n) is 18.5. The van der Waals surface area contributed by atoms with Gasteiger partial charge in [-0.05, 0) is 45.7 Å². The number of carbonyl (C=O) groups excluding carboxylic acids is 3. The molecule has 0 aliphatic heterocycles. The minimum Gasteiger partial charge on any atom is -0.464 e. The molecule has 4 aromatic rings. The van der Waals surface area contributed by atoms with Crippen LogP contribution < -0.4 is 20.8 Å². The molecule has 1 unspecified atom stereocenters. The summed E-state index contributed by atoms with van der Waals surface area (Å²) in [5, 5.41) is 4.96. The zero-order chi connectivity index (χ0) is 43.4. The molecule has 0 bridgehead atoms. The highest BCUT2D eigenvalue weighted by Gasteiger charge is 2.38. The number of para-hydroxylation sites is 1. The van der Waals surface area contributed by atoms with Gasteiger partial charge in [0.25, 0.3) is 0 Å². The van der Waals surface area contributed by atoms with Crippen molar-refractivity contribution in [1.82, 2.24) is 24.6 Å².